The van der Waals surface area contributed by atoms with Gasteiger partial charge < -0.3 is 4.52 Å². The van der Waals surface area contributed by atoms with E-state index in [4.69, 9.17) is 14.1 Å². The molecule has 1 heterocycles. The third-order valence-electron chi connectivity index (χ3n) is 3.83. The van der Waals surface area contributed by atoms with E-state index in [0.717, 1.165) is 22.6 Å². The number of hydrogen-bond donors (Lipinski definition) is 0. The molecule has 0 saturated carbocycles. The van der Waals surface area contributed by atoms with Crippen molar-refractivity contribution in [1.82, 2.24) is 5.16 Å². The Balaban J connectivity index is 0.000000613. The van der Waals surface area contributed by atoms with Gasteiger partial charge in [0, 0.05) is 17.2 Å². The van der Waals surface area contributed by atoms with E-state index in [2.05, 4.69) is 41.6 Å². The number of nitrogens with zero attached hydrogens (tertiary/aromatic N) is 1. The van der Waals surface area contributed by atoms with Crippen LogP contribution in [0, 0.1) is 0 Å². The summed E-state index contributed by atoms with van der Waals surface area (Å²) >= 11 is 0. The molecule has 4 aromatic rings. The Bertz CT molecular complexity index is 1000. The van der Waals surface area contributed by atoms with Crippen molar-refractivity contribution in [3.05, 3.63) is 91.0 Å². The smallest absolute Gasteiger partial charge is 0.356 e. The van der Waals surface area contributed by atoms with E-state index in [-0.39, 0.29) is 6.15 Å². The third kappa shape index (κ3) is 4.01. The van der Waals surface area contributed by atoms with E-state index in [9.17, 15) is 0 Å². The second kappa shape index (κ2) is 8.38. The minimum absolute atomic E-state index is 0.250. The Labute approximate surface area is 150 Å². The Morgan fingerprint density at radius 2 is 1.15 bits per heavy atom. The summed E-state index contributed by atoms with van der Waals surface area (Å²) in [5, 5.41) is 4.22. The average Bonchev–Trinajstić information content (AvgIpc) is 3.20. The first-order valence-corrected chi connectivity index (χ1v) is 7.99. The largest absolute Gasteiger partial charge is 0.373 e. The van der Waals surface area contributed by atoms with Crippen LogP contribution >= 0.6 is 0 Å². The van der Waals surface area contributed by atoms with Gasteiger partial charge in [-0.1, -0.05) is 84.0 Å². The summed E-state index contributed by atoms with van der Waals surface area (Å²) in [4.78, 5) is 16.2. The van der Waals surface area contributed by atoms with Gasteiger partial charge in [0.15, 0.2) is 5.76 Å². The van der Waals surface area contributed by atoms with Crippen LogP contribution in [-0.4, -0.2) is 11.3 Å². The first kappa shape index (κ1) is 17.1. The topological polar surface area (TPSA) is 60.2 Å². The third-order valence-corrected chi connectivity index (χ3v) is 3.83. The van der Waals surface area contributed by atoms with Crippen molar-refractivity contribution in [2.75, 3.05) is 0 Å². The summed E-state index contributed by atoms with van der Waals surface area (Å²) < 4.78 is 5.50. The fraction of sp³-hybridized carbons (Fsp3) is 0. The summed E-state index contributed by atoms with van der Waals surface area (Å²) in [7, 11) is 0. The zero-order chi connectivity index (χ0) is 18.2. The lowest BCUT2D eigenvalue weighted by molar-refractivity contribution is -0.191. The van der Waals surface area contributed by atoms with Crippen LogP contribution in [0.1, 0.15) is 0 Å². The van der Waals surface area contributed by atoms with Crippen molar-refractivity contribution >= 4 is 6.15 Å². The van der Waals surface area contributed by atoms with Gasteiger partial charge in [0.2, 0.25) is 0 Å². The van der Waals surface area contributed by atoms with Crippen LogP contribution in [0.15, 0.2) is 95.5 Å². The molecule has 0 aliphatic carbocycles. The lowest BCUT2D eigenvalue weighted by Crippen LogP contribution is -1.80. The number of aromatic nitrogens is 1. The molecule has 0 amide bonds. The van der Waals surface area contributed by atoms with Gasteiger partial charge in [-0.3, -0.25) is 0 Å². The molecule has 0 aliphatic heterocycles. The SMILES string of the molecule is O=C=O.c1ccc(-c2cccc(-c3cc(-c4ccccc4)on3)c2)cc1. The predicted octanol–water partition coefficient (Wildman–Crippen LogP) is 5.09. The fourth-order valence-electron chi connectivity index (χ4n) is 2.64. The predicted molar refractivity (Wildman–Crippen MR) is 97.8 cm³/mol. The summed E-state index contributed by atoms with van der Waals surface area (Å²) in [5.41, 5.74) is 5.30. The van der Waals surface area contributed by atoms with Crippen LogP contribution in [0.5, 0.6) is 0 Å². The molecule has 0 unspecified atom stereocenters. The van der Waals surface area contributed by atoms with Crippen LogP contribution in [0.2, 0.25) is 0 Å². The van der Waals surface area contributed by atoms with Gasteiger partial charge in [-0.15, -0.1) is 0 Å². The molecule has 0 atom stereocenters. The molecule has 26 heavy (non-hydrogen) atoms. The molecule has 0 aliphatic rings. The van der Waals surface area contributed by atoms with Crippen molar-refractivity contribution < 1.29 is 14.1 Å². The lowest BCUT2D eigenvalue weighted by Gasteiger charge is -2.03. The zero-order valence-corrected chi connectivity index (χ0v) is 13.8. The summed E-state index contributed by atoms with van der Waals surface area (Å²) in [5.74, 6) is 0.783. The van der Waals surface area contributed by atoms with Crippen molar-refractivity contribution in [3.8, 4) is 33.7 Å². The van der Waals surface area contributed by atoms with Gasteiger partial charge in [0.05, 0.1) is 0 Å². The quantitative estimate of drug-likeness (QED) is 0.520. The Hall–Kier alpha value is -3.75. The van der Waals surface area contributed by atoms with Crippen LogP contribution < -0.4 is 0 Å². The van der Waals surface area contributed by atoms with E-state index < -0.39 is 0 Å². The molecule has 3 aromatic carbocycles. The van der Waals surface area contributed by atoms with Crippen LogP contribution in [0.4, 0.5) is 0 Å². The summed E-state index contributed by atoms with van der Waals surface area (Å²) in [6.07, 6.45) is 0.250. The molecule has 4 nitrogen and oxygen atoms in total. The first-order valence-electron chi connectivity index (χ1n) is 7.99. The van der Waals surface area contributed by atoms with Gasteiger partial charge in [-0.25, -0.2) is 0 Å². The van der Waals surface area contributed by atoms with Gasteiger partial charge in [-0.2, -0.15) is 9.59 Å². The van der Waals surface area contributed by atoms with Crippen LogP contribution in [0.25, 0.3) is 33.7 Å². The normalized spacial score (nSPS) is 9.69. The van der Waals surface area contributed by atoms with E-state index in [1.54, 1.807) is 0 Å². The molecule has 0 bridgehead atoms. The molecular weight excluding hydrogens is 326 g/mol. The number of hydrogen-bond acceptors (Lipinski definition) is 4. The van der Waals surface area contributed by atoms with E-state index in [0.29, 0.717) is 0 Å². The molecule has 0 saturated heterocycles. The average molecular weight is 341 g/mol. The Kier molecular flexibility index (Phi) is 5.51. The molecule has 1 aromatic heterocycles. The monoisotopic (exact) mass is 341 g/mol. The molecule has 4 heteroatoms. The van der Waals surface area contributed by atoms with Crippen LogP contribution in [-0.2, 0) is 9.59 Å². The van der Waals surface area contributed by atoms with Crippen molar-refractivity contribution in [2.45, 2.75) is 0 Å². The van der Waals surface area contributed by atoms with Gasteiger partial charge in [0.1, 0.15) is 5.69 Å². The maximum absolute atomic E-state index is 8.12. The molecule has 0 fully saturated rings. The molecule has 0 N–H and O–H groups in total. The highest BCUT2D eigenvalue weighted by Gasteiger charge is 2.09. The fourth-order valence-corrected chi connectivity index (χ4v) is 2.64. The van der Waals surface area contributed by atoms with E-state index >= 15 is 0 Å². The highest BCUT2D eigenvalue weighted by Crippen LogP contribution is 2.28. The lowest BCUT2D eigenvalue weighted by atomic mass is 10.0. The number of carbonyl (C=O) groups excluding carboxylic acids is 2. The first-order chi connectivity index (χ1) is 12.8. The Morgan fingerprint density at radius 3 is 1.81 bits per heavy atom. The number of benzene rings is 3. The van der Waals surface area contributed by atoms with E-state index in [1.807, 2.05) is 54.6 Å². The zero-order valence-electron chi connectivity index (χ0n) is 13.8. The van der Waals surface area contributed by atoms with Crippen LogP contribution in [0.3, 0.4) is 0 Å². The minimum Gasteiger partial charge on any atom is -0.356 e. The molecule has 0 spiro atoms. The molecule has 126 valence electrons. The molecule has 0 radical (unpaired) electrons. The summed E-state index contributed by atoms with van der Waals surface area (Å²) in [6, 6.07) is 30.7. The molecule has 4 rings (SSSR count). The maximum Gasteiger partial charge on any atom is 0.373 e. The van der Waals surface area contributed by atoms with Crippen molar-refractivity contribution in [3.63, 3.8) is 0 Å². The second-order valence-electron chi connectivity index (χ2n) is 5.47. The standard InChI is InChI=1S/C21H15NO.CO2/c1-3-8-16(9-4-1)18-12-7-13-19(14-18)20-15-21(23-22-20)17-10-5-2-6-11-17;2-1-3/h1-15H;. The Morgan fingerprint density at radius 1 is 0.615 bits per heavy atom. The number of rotatable bonds is 3. The van der Waals surface area contributed by atoms with Gasteiger partial charge in [0.25, 0.3) is 0 Å². The summed E-state index contributed by atoms with van der Waals surface area (Å²) in [6.45, 7) is 0. The van der Waals surface area contributed by atoms with Gasteiger partial charge in [-0.05, 0) is 17.2 Å². The highest BCUT2D eigenvalue weighted by atomic mass is 16.5. The molecular formula is C22H15NO3. The highest BCUT2D eigenvalue weighted by molar-refractivity contribution is 5.73. The van der Waals surface area contributed by atoms with Gasteiger partial charge >= 0.3 is 6.15 Å². The van der Waals surface area contributed by atoms with Crippen molar-refractivity contribution in [2.24, 2.45) is 0 Å². The second-order valence-corrected chi connectivity index (χ2v) is 5.47. The maximum atomic E-state index is 8.12. The van der Waals surface area contributed by atoms with E-state index in [1.165, 1.54) is 11.1 Å². The minimum atomic E-state index is 0.250. The van der Waals surface area contributed by atoms with Crippen molar-refractivity contribution in [1.29, 1.82) is 0 Å².